The average Bonchev–Trinajstić information content (AvgIpc) is 3.50. The fraction of sp³-hybridized carbons (Fsp3) is 0.500. The summed E-state index contributed by atoms with van der Waals surface area (Å²) in [6.07, 6.45) is 6.83. The van der Waals surface area contributed by atoms with Gasteiger partial charge in [0.15, 0.2) is 23.5 Å². The summed E-state index contributed by atoms with van der Waals surface area (Å²) in [6.45, 7) is 3.56. The Bertz CT molecular complexity index is 1510. The molecule has 2 aromatic carbocycles. The molecule has 0 amide bonds. The fourth-order valence-electron chi connectivity index (χ4n) is 9.70. The fourth-order valence-corrected chi connectivity index (χ4v) is 9.70. The number of aliphatic hydroxyl groups is 2. The first-order valence-electron chi connectivity index (χ1n) is 15.6. The van der Waals surface area contributed by atoms with Crippen molar-refractivity contribution >= 4 is 17.3 Å². The Kier molecular flexibility index (Phi) is 6.82. The van der Waals surface area contributed by atoms with E-state index in [9.17, 15) is 19.8 Å². The number of allylic oxidation sites excluding steroid dienone is 4. The Morgan fingerprint density at radius 3 is 2.65 bits per heavy atom. The van der Waals surface area contributed by atoms with Crippen LogP contribution in [0.1, 0.15) is 62.5 Å². The van der Waals surface area contributed by atoms with Crippen LogP contribution in [0.3, 0.4) is 0 Å². The smallest absolute Gasteiger partial charge is 0.193 e. The number of aliphatic hydroxyl groups excluding tert-OH is 2. The molecule has 1 heterocycles. The van der Waals surface area contributed by atoms with Crippen molar-refractivity contribution in [2.45, 2.75) is 70.1 Å². The molecule has 3 saturated carbocycles. The van der Waals surface area contributed by atoms with Crippen molar-refractivity contribution in [3.05, 3.63) is 89.0 Å². The Morgan fingerprint density at radius 2 is 1.91 bits per heavy atom. The predicted octanol–water partition coefficient (Wildman–Crippen LogP) is 4.92. The Hall–Kier alpha value is -3.10. The molecule has 4 fully saturated rings. The highest BCUT2D eigenvalue weighted by Crippen LogP contribution is 2.70. The molecule has 1 saturated heterocycles. The number of Topliss-reactive ketones (excluding diaryl/α,β-unsaturated/α-hetero) is 1. The summed E-state index contributed by atoms with van der Waals surface area (Å²) in [5.74, 6) is -0.223. The van der Waals surface area contributed by atoms with Gasteiger partial charge in [0, 0.05) is 35.0 Å². The minimum absolute atomic E-state index is 0.00725. The largest absolute Gasteiger partial charge is 0.393 e. The minimum Gasteiger partial charge on any atom is -0.393 e. The summed E-state index contributed by atoms with van der Waals surface area (Å²) in [4.78, 5) is 25.9. The Labute approximate surface area is 253 Å². The highest BCUT2D eigenvalue weighted by Gasteiger charge is 2.75. The number of anilines is 1. The zero-order valence-corrected chi connectivity index (χ0v) is 25.1. The van der Waals surface area contributed by atoms with Gasteiger partial charge in [0.1, 0.15) is 6.61 Å². The van der Waals surface area contributed by atoms with E-state index in [0.717, 1.165) is 41.6 Å². The van der Waals surface area contributed by atoms with Crippen LogP contribution >= 0.6 is 0 Å². The van der Waals surface area contributed by atoms with Crippen molar-refractivity contribution in [2.24, 2.45) is 28.6 Å². The molecule has 9 atom stereocenters. The zero-order valence-electron chi connectivity index (χ0n) is 25.1. The Morgan fingerprint density at radius 1 is 1.12 bits per heavy atom. The molecule has 0 radical (unpaired) electrons. The van der Waals surface area contributed by atoms with Crippen LogP contribution in [0.4, 0.5) is 5.69 Å². The number of carbonyl (C=O) groups excluding carboxylic acids is 2. The van der Waals surface area contributed by atoms with Crippen LogP contribution in [0.15, 0.2) is 72.3 Å². The summed E-state index contributed by atoms with van der Waals surface area (Å²) in [7, 11) is 1.91. The molecule has 1 unspecified atom stereocenters. The topological polar surface area (TPSA) is 105 Å². The molecule has 7 rings (SSSR count). The van der Waals surface area contributed by atoms with Gasteiger partial charge in [0.2, 0.25) is 0 Å². The van der Waals surface area contributed by atoms with Gasteiger partial charge in [-0.1, -0.05) is 61.9 Å². The third-order valence-electron chi connectivity index (χ3n) is 11.7. The summed E-state index contributed by atoms with van der Waals surface area (Å²) in [6, 6.07) is 16.5. The third kappa shape index (κ3) is 4.16. The molecule has 3 N–H and O–H groups in total. The number of hydrogen-bond donors (Lipinski definition) is 3. The molecule has 226 valence electrons. The van der Waals surface area contributed by atoms with E-state index in [1.807, 2.05) is 37.4 Å². The molecule has 7 heteroatoms. The number of benzene rings is 2. The van der Waals surface area contributed by atoms with Gasteiger partial charge in [-0.25, -0.2) is 0 Å². The van der Waals surface area contributed by atoms with Crippen molar-refractivity contribution < 1.29 is 29.3 Å². The van der Waals surface area contributed by atoms with E-state index in [1.54, 1.807) is 12.2 Å². The number of fused-ring (bicyclic) bond motifs is 7. The van der Waals surface area contributed by atoms with Gasteiger partial charge < -0.3 is 25.0 Å². The maximum Gasteiger partial charge on any atom is 0.193 e. The van der Waals surface area contributed by atoms with E-state index in [2.05, 4.69) is 43.4 Å². The zero-order chi connectivity index (χ0) is 30.1. The lowest BCUT2D eigenvalue weighted by atomic mass is 9.46. The molecule has 1 aliphatic heterocycles. The van der Waals surface area contributed by atoms with Crippen LogP contribution < -0.4 is 5.32 Å². The van der Waals surface area contributed by atoms with Crippen LogP contribution in [-0.4, -0.2) is 53.2 Å². The van der Waals surface area contributed by atoms with E-state index in [-0.39, 0.29) is 29.3 Å². The second kappa shape index (κ2) is 10.2. The van der Waals surface area contributed by atoms with E-state index < -0.39 is 41.5 Å². The van der Waals surface area contributed by atoms with Crippen LogP contribution in [0.25, 0.3) is 0 Å². The van der Waals surface area contributed by atoms with Crippen molar-refractivity contribution in [1.82, 2.24) is 0 Å². The van der Waals surface area contributed by atoms with Crippen molar-refractivity contribution in [2.75, 3.05) is 19.0 Å². The average molecular weight is 584 g/mol. The molecule has 4 aliphatic carbocycles. The van der Waals surface area contributed by atoms with Gasteiger partial charge in [-0.15, -0.1) is 0 Å². The van der Waals surface area contributed by atoms with Crippen LogP contribution in [-0.2, 0) is 25.5 Å². The molecule has 43 heavy (non-hydrogen) atoms. The summed E-state index contributed by atoms with van der Waals surface area (Å²) in [5, 5.41) is 25.2. The van der Waals surface area contributed by atoms with E-state index in [4.69, 9.17) is 9.47 Å². The number of ketones is 2. The summed E-state index contributed by atoms with van der Waals surface area (Å²) in [5.41, 5.74) is 2.90. The van der Waals surface area contributed by atoms with Gasteiger partial charge in [0.25, 0.3) is 0 Å². The molecule has 5 aliphatic rings. The van der Waals surface area contributed by atoms with Crippen molar-refractivity contribution in [1.29, 1.82) is 0 Å². The molecule has 0 spiro atoms. The lowest BCUT2D eigenvalue weighted by molar-refractivity contribution is -0.201. The molecular formula is C36H41NO6. The number of carbonyl (C=O) groups is 2. The van der Waals surface area contributed by atoms with Gasteiger partial charge >= 0.3 is 0 Å². The second-order valence-electron chi connectivity index (χ2n) is 13.7. The van der Waals surface area contributed by atoms with Gasteiger partial charge in [0.05, 0.1) is 12.2 Å². The highest BCUT2D eigenvalue weighted by atomic mass is 16.7. The van der Waals surface area contributed by atoms with Gasteiger partial charge in [-0.3, -0.25) is 9.59 Å². The lowest BCUT2D eigenvalue weighted by Crippen LogP contribution is -2.63. The number of hydrogen-bond acceptors (Lipinski definition) is 7. The standard InChI is InChI=1S/C36H41NO6/c1-34-14-13-26(39)17-24(34)11-12-27-28-18-31-36(30(41)20-38,35(28,2)19-29(40)32(27)34)43-33(42-31)23-9-7-21(8-10-23)15-22-5-4-6-25(16-22)37-3/h4-10,13-14,16-17,27-29,31-33,37-38,40H,11-12,15,18-20H2,1-3H3/t27-,28-,29-,31+,32+,33?,34-,35-,36+/m0/s1. The molecule has 2 aromatic rings. The molecule has 0 bridgehead atoms. The molecular weight excluding hydrogens is 542 g/mol. The van der Waals surface area contributed by atoms with Crippen LogP contribution in [0, 0.1) is 28.6 Å². The predicted molar refractivity (Wildman–Crippen MR) is 162 cm³/mol. The van der Waals surface area contributed by atoms with Crippen LogP contribution in [0.5, 0.6) is 0 Å². The summed E-state index contributed by atoms with van der Waals surface area (Å²) < 4.78 is 13.3. The minimum atomic E-state index is -1.34. The van der Waals surface area contributed by atoms with Crippen molar-refractivity contribution in [3.63, 3.8) is 0 Å². The van der Waals surface area contributed by atoms with Gasteiger partial charge in [-0.05, 0) is 79.4 Å². The Balaban J connectivity index is 1.16. The van der Waals surface area contributed by atoms with Crippen molar-refractivity contribution in [3.8, 4) is 0 Å². The third-order valence-corrected chi connectivity index (χ3v) is 11.7. The molecule has 0 aromatic heterocycles. The maximum atomic E-state index is 13.8. The van der Waals surface area contributed by atoms with Gasteiger partial charge in [-0.2, -0.15) is 0 Å². The molecule has 7 nitrogen and oxygen atoms in total. The highest BCUT2D eigenvalue weighted by molar-refractivity contribution is 6.01. The van der Waals surface area contributed by atoms with Crippen LogP contribution in [0.2, 0.25) is 0 Å². The monoisotopic (exact) mass is 583 g/mol. The first-order valence-corrected chi connectivity index (χ1v) is 15.6. The first kappa shape index (κ1) is 28.7. The number of ether oxygens (including phenoxy) is 2. The van der Waals surface area contributed by atoms with E-state index >= 15 is 0 Å². The maximum absolute atomic E-state index is 13.8. The van der Waals surface area contributed by atoms with E-state index in [0.29, 0.717) is 12.8 Å². The number of nitrogens with one attached hydrogen (secondary N) is 1. The second-order valence-corrected chi connectivity index (χ2v) is 13.7. The number of rotatable bonds is 6. The van der Waals surface area contributed by atoms with E-state index in [1.165, 1.54) is 5.56 Å². The first-order chi connectivity index (χ1) is 20.6. The SMILES string of the molecule is CNc1cccc(Cc2ccc(C3O[C@@H]4C[C@H]5[C@@H]6CCC7=CC(=O)C=C[C@]7(C)[C@H]6[C@@H](O)C[C@]5(C)[C@]4(C(=O)CO)O3)cc2)c1. The summed E-state index contributed by atoms with van der Waals surface area (Å²) >= 11 is 0. The normalized spacial score (nSPS) is 39.4. The quantitative estimate of drug-likeness (QED) is 0.443. The lowest BCUT2D eigenvalue weighted by Gasteiger charge is -2.59.